The number of rotatable bonds is 1. The van der Waals surface area contributed by atoms with Crippen LogP contribution in [-0.4, -0.2) is 11.3 Å². The maximum Gasteiger partial charge on any atom is 0.252 e. The van der Waals surface area contributed by atoms with E-state index in [1.165, 1.54) is 105 Å². The minimum absolute atomic E-state index is 0.114. The summed E-state index contributed by atoms with van der Waals surface area (Å²) in [5, 5.41) is 2.70. The van der Waals surface area contributed by atoms with E-state index in [0.717, 1.165) is 0 Å². The highest BCUT2D eigenvalue weighted by molar-refractivity contribution is 7.00. The van der Waals surface area contributed by atoms with Crippen molar-refractivity contribution in [1.29, 1.82) is 0 Å². The zero-order valence-electron chi connectivity index (χ0n) is 29.8. The summed E-state index contributed by atoms with van der Waals surface area (Å²) in [6.45, 7) is 18.9. The van der Waals surface area contributed by atoms with Crippen molar-refractivity contribution in [3.8, 4) is 5.69 Å². The first kappa shape index (κ1) is 28.9. The Morgan fingerprint density at radius 3 is 1.92 bits per heavy atom. The fourth-order valence-corrected chi connectivity index (χ4v) is 9.93. The molecule has 238 valence electrons. The first-order valence-electron chi connectivity index (χ1n) is 17.8. The van der Waals surface area contributed by atoms with Crippen molar-refractivity contribution in [3.63, 3.8) is 0 Å². The van der Waals surface area contributed by atoms with Crippen molar-refractivity contribution in [2.24, 2.45) is 0 Å². The molecule has 0 unspecified atom stereocenters. The molecule has 0 atom stereocenters. The van der Waals surface area contributed by atoms with Gasteiger partial charge in [-0.25, -0.2) is 0 Å². The second-order valence-electron chi connectivity index (χ2n) is 16.1. The molecule has 0 fully saturated rings. The van der Waals surface area contributed by atoms with Gasteiger partial charge in [-0.1, -0.05) is 111 Å². The number of nitrogens with zero attached hydrogens (tertiary/aromatic N) is 2. The van der Waals surface area contributed by atoms with Crippen LogP contribution in [0.15, 0.2) is 103 Å². The lowest BCUT2D eigenvalue weighted by Gasteiger charge is -2.50. The monoisotopic (exact) mass is 632 g/mol. The first-order valence-corrected chi connectivity index (χ1v) is 17.8. The largest absolute Gasteiger partial charge is 0.311 e. The molecule has 1 aromatic heterocycles. The topological polar surface area (TPSA) is 8.17 Å². The molecule has 49 heavy (non-hydrogen) atoms. The van der Waals surface area contributed by atoms with E-state index >= 15 is 0 Å². The van der Waals surface area contributed by atoms with Crippen LogP contribution in [0.2, 0.25) is 0 Å². The summed E-state index contributed by atoms with van der Waals surface area (Å²) in [5.74, 6) is 0. The highest BCUT2D eigenvalue weighted by Crippen LogP contribution is 2.56. The third-order valence-corrected chi connectivity index (χ3v) is 12.2. The third-order valence-electron chi connectivity index (χ3n) is 12.2. The molecule has 3 heterocycles. The maximum absolute atomic E-state index is 2.63. The van der Waals surface area contributed by atoms with E-state index in [0.29, 0.717) is 0 Å². The molecule has 3 aliphatic rings. The number of hydrogen-bond donors (Lipinski definition) is 0. The predicted octanol–water partition coefficient (Wildman–Crippen LogP) is 9.60. The number of aromatic nitrogens is 1. The van der Waals surface area contributed by atoms with Crippen LogP contribution in [0.5, 0.6) is 0 Å². The lowest BCUT2D eigenvalue weighted by atomic mass is 9.33. The lowest BCUT2D eigenvalue weighted by Crippen LogP contribution is -2.61. The average molecular weight is 633 g/mol. The Kier molecular flexibility index (Phi) is 5.53. The molecule has 7 aromatic rings. The second kappa shape index (κ2) is 9.36. The molecular formula is C46H41BN2. The van der Waals surface area contributed by atoms with Gasteiger partial charge >= 0.3 is 0 Å². The van der Waals surface area contributed by atoms with E-state index in [2.05, 4.69) is 168 Å². The number of benzene rings is 6. The summed E-state index contributed by atoms with van der Waals surface area (Å²) < 4.78 is 2.63. The molecule has 1 aliphatic carbocycles. The molecular weight excluding hydrogens is 591 g/mol. The summed E-state index contributed by atoms with van der Waals surface area (Å²) in [6.07, 6.45) is 0. The van der Waals surface area contributed by atoms with Crippen molar-refractivity contribution in [2.45, 2.75) is 66.2 Å². The van der Waals surface area contributed by atoms with Crippen LogP contribution in [0.4, 0.5) is 17.1 Å². The van der Waals surface area contributed by atoms with Crippen molar-refractivity contribution in [3.05, 3.63) is 148 Å². The molecule has 2 nitrogen and oxygen atoms in total. The summed E-state index contributed by atoms with van der Waals surface area (Å²) >= 11 is 0. The molecule has 0 saturated carbocycles. The maximum atomic E-state index is 2.63. The van der Waals surface area contributed by atoms with Gasteiger partial charge in [-0.15, -0.1) is 0 Å². The van der Waals surface area contributed by atoms with E-state index in [1.54, 1.807) is 0 Å². The molecule has 10 rings (SSSR count). The van der Waals surface area contributed by atoms with Gasteiger partial charge in [0, 0.05) is 49.9 Å². The summed E-state index contributed by atoms with van der Waals surface area (Å²) in [7, 11) is 0. The molecule has 3 heteroatoms. The third kappa shape index (κ3) is 3.58. The predicted molar refractivity (Wildman–Crippen MR) is 210 cm³/mol. The smallest absolute Gasteiger partial charge is 0.252 e. The number of anilines is 3. The normalized spacial score (nSPS) is 16.0. The molecule has 0 spiro atoms. The molecule has 0 radical (unpaired) electrons. The van der Waals surface area contributed by atoms with Gasteiger partial charge < -0.3 is 9.47 Å². The van der Waals surface area contributed by atoms with E-state index in [4.69, 9.17) is 0 Å². The molecule has 0 amide bonds. The van der Waals surface area contributed by atoms with E-state index < -0.39 is 0 Å². The Bertz CT molecular complexity index is 2600. The van der Waals surface area contributed by atoms with E-state index in [1.807, 2.05) is 0 Å². The van der Waals surface area contributed by atoms with Crippen LogP contribution in [0, 0.1) is 27.7 Å². The van der Waals surface area contributed by atoms with Gasteiger partial charge in [0.15, 0.2) is 0 Å². The Morgan fingerprint density at radius 1 is 0.531 bits per heavy atom. The highest BCUT2D eigenvalue weighted by atomic mass is 15.2. The number of aryl methyl sites for hydroxylation is 4. The van der Waals surface area contributed by atoms with Gasteiger partial charge in [-0.05, 0) is 109 Å². The Morgan fingerprint density at radius 2 is 1.16 bits per heavy atom. The van der Waals surface area contributed by atoms with Gasteiger partial charge in [0.05, 0.1) is 5.52 Å². The molecule has 0 N–H and O–H groups in total. The fourth-order valence-electron chi connectivity index (χ4n) is 9.93. The zero-order valence-corrected chi connectivity index (χ0v) is 29.8. The zero-order chi connectivity index (χ0) is 33.7. The molecule has 0 bridgehead atoms. The fraction of sp³-hybridized carbons (Fsp3) is 0.217. The SMILES string of the molecule is Cc1ccc(N2c3ccc(C)cc3B3c4c(cc5c(c42)C(C)(C)c2ccccc2C5(C)C)-n2c4ccc(C)cc4c4cc(C)cc3c42)cc1. The number of hydrogen-bond acceptors (Lipinski definition) is 1. The van der Waals surface area contributed by atoms with Crippen LogP contribution >= 0.6 is 0 Å². The first-order chi connectivity index (χ1) is 23.5. The van der Waals surface area contributed by atoms with Crippen LogP contribution in [0.3, 0.4) is 0 Å². The lowest BCUT2D eigenvalue weighted by molar-refractivity contribution is 0.521. The molecule has 6 aromatic carbocycles. The van der Waals surface area contributed by atoms with E-state index in [-0.39, 0.29) is 17.5 Å². The van der Waals surface area contributed by atoms with Crippen LogP contribution < -0.4 is 21.3 Å². The summed E-state index contributed by atoms with van der Waals surface area (Å²) in [5.41, 5.74) is 22.6. The Hall–Kier alpha value is -5.02. The van der Waals surface area contributed by atoms with Crippen molar-refractivity contribution in [1.82, 2.24) is 4.57 Å². The quantitative estimate of drug-likeness (QED) is 0.164. The average Bonchev–Trinajstić information content (AvgIpc) is 3.39. The van der Waals surface area contributed by atoms with Crippen molar-refractivity contribution in [2.75, 3.05) is 4.90 Å². The highest BCUT2D eigenvalue weighted by Gasteiger charge is 2.50. The van der Waals surface area contributed by atoms with E-state index in [9.17, 15) is 0 Å². The Labute approximate surface area is 290 Å². The van der Waals surface area contributed by atoms with Gasteiger partial charge in [0.25, 0.3) is 6.71 Å². The van der Waals surface area contributed by atoms with Crippen molar-refractivity contribution >= 4 is 62.0 Å². The molecule has 2 aliphatic heterocycles. The van der Waals surface area contributed by atoms with Gasteiger partial charge in [0.1, 0.15) is 0 Å². The van der Waals surface area contributed by atoms with Gasteiger partial charge in [0.2, 0.25) is 0 Å². The van der Waals surface area contributed by atoms with Crippen LogP contribution in [0.25, 0.3) is 27.5 Å². The Balaban J connectivity index is 1.47. The second-order valence-corrected chi connectivity index (χ2v) is 16.1. The summed E-state index contributed by atoms with van der Waals surface area (Å²) in [4.78, 5) is 2.63. The standard InChI is InChI=1S/C46H41BN2/c1-26-13-17-30(18-14-26)48-39-20-16-28(3)23-36(39)47-37-24-29(4)22-32-31-21-27(2)15-19-38(31)49(43(32)37)40-25-35-41(44(48)42(40)47)46(7,8)34-12-10-9-11-33(34)45(35,5)6/h9-25H,1-8H3. The number of fused-ring (bicyclic) bond motifs is 10. The minimum atomic E-state index is -0.223. The summed E-state index contributed by atoms with van der Waals surface area (Å²) in [6, 6.07) is 40.1. The van der Waals surface area contributed by atoms with Gasteiger partial charge in [-0.2, -0.15) is 0 Å². The van der Waals surface area contributed by atoms with Crippen LogP contribution in [-0.2, 0) is 10.8 Å². The van der Waals surface area contributed by atoms with Crippen LogP contribution in [0.1, 0.15) is 72.2 Å². The molecule has 0 saturated heterocycles. The minimum Gasteiger partial charge on any atom is -0.311 e. The van der Waals surface area contributed by atoms with Crippen molar-refractivity contribution < 1.29 is 0 Å². The van der Waals surface area contributed by atoms with Gasteiger partial charge in [-0.3, -0.25) is 0 Å².